The molecule has 186 valence electrons. The van der Waals surface area contributed by atoms with Crippen molar-refractivity contribution in [2.24, 2.45) is 5.41 Å². The van der Waals surface area contributed by atoms with Crippen LogP contribution in [0, 0.1) is 12.3 Å². The number of fused-ring (bicyclic) bond motifs is 1. The molecule has 0 radical (unpaired) electrons. The highest BCUT2D eigenvalue weighted by molar-refractivity contribution is 6.01. The number of nitrogens with two attached hydrogens (primary N) is 1. The van der Waals surface area contributed by atoms with E-state index in [1.807, 2.05) is 19.1 Å². The van der Waals surface area contributed by atoms with Crippen LogP contribution in [-0.4, -0.2) is 45.1 Å². The zero-order valence-corrected chi connectivity index (χ0v) is 20.7. The van der Waals surface area contributed by atoms with Crippen molar-refractivity contribution in [2.45, 2.75) is 46.0 Å². The molecule has 36 heavy (non-hydrogen) atoms. The summed E-state index contributed by atoms with van der Waals surface area (Å²) in [4.78, 5) is 49.8. The molecular weight excluding hydrogens is 456 g/mol. The number of amides is 3. The zero-order chi connectivity index (χ0) is 25.9. The molecule has 0 atom stereocenters. The molecule has 3 heterocycles. The molecule has 0 aliphatic heterocycles. The molecule has 3 aromatic rings. The number of imide groups is 1. The van der Waals surface area contributed by atoms with E-state index in [0.29, 0.717) is 35.5 Å². The van der Waals surface area contributed by atoms with Crippen LogP contribution in [0.15, 0.2) is 48.4 Å². The lowest BCUT2D eigenvalue weighted by Gasteiger charge is -2.34. The molecule has 1 aliphatic rings. The van der Waals surface area contributed by atoms with Gasteiger partial charge in [0, 0.05) is 49.1 Å². The summed E-state index contributed by atoms with van der Waals surface area (Å²) >= 11 is 0. The molecule has 4 rings (SSSR count). The molecule has 0 saturated heterocycles. The second kappa shape index (κ2) is 10.2. The lowest BCUT2D eigenvalue weighted by molar-refractivity contribution is -0.138. The van der Waals surface area contributed by atoms with Crippen molar-refractivity contribution in [3.63, 3.8) is 0 Å². The van der Waals surface area contributed by atoms with E-state index in [2.05, 4.69) is 27.2 Å². The number of anilines is 2. The largest absolute Gasteiger partial charge is 0.383 e. The minimum absolute atomic E-state index is 0.180. The van der Waals surface area contributed by atoms with Gasteiger partial charge in [0.1, 0.15) is 11.6 Å². The summed E-state index contributed by atoms with van der Waals surface area (Å²) in [6.45, 7) is 4.04. The Morgan fingerprint density at radius 1 is 1.22 bits per heavy atom. The molecule has 0 unspecified atom stereocenters. The molecule has 1 saturated carbocycles. The molecule has 0 spiro atoms. The van der Waals surface area contributed by atoms with Crippen LogP contribution in [0.5, 0.6) is 0 Å². The summed E-state index contributed by atoms with van der Waals surface area (Å²) in [5.41, 5.74) is 9.67. The Morgan fingerprint density at radius 3 is 2.67 bits per heavy atom. The Kier molecular flexibility index (Phi) is 7.10. The number of nitrogens with one attached hydrogen (secondary N) is 1. The highest BCUT2D eigenvalue weighted by Gasteiger charge is 2.32. The van der Waals surface area contributed by atoms with Crippen LogP contribution in [-0.2, 0) is 14.4 Å². The monoisotopic (exact) mass is 486 g/mol. The van der Waals surface area contributed by atoms with Gasteiger partial charge in [-0.05, 0) is 67.2 Å². The predicted molar refractivity (Wildman–Crippen MR) is 139 cm³/mol. The summed E-state index contributed by atoms with van der Waals surface area (Å²) in [5.74, 6) is 0.355. The van der Waals surface area contributed by atoms with E-state index in [1.54, 1.807) is 30.7 Å². The Bertz CT molecular complexity index is 1360. The first-order valence-electron chi connectivity index (χ1n) is 11.9. The summed E-state index contributed by atoms with van der Waals surface area (Å²) < 4.78 is 0. The molecule has 0 aromatic carbocycles. The van der Waals surface area contributed by atoms with Gasteiger partial charge in [0.25, 0.3) is 0 Å². The van der Waals surface area contributed by atoms with Gasteiger partial charge >= 0.3 is 0 Å². The Labute approximate surface area is 209 Å². The summed E-state index contributed by atoms with van der Waals surface area (Å²) in [5, 5.41) is 4.37. The van der Waals surface area contributed by atoms with E-state index >= 15 is 0 Å². The number of aromatic nitrogens is 3. The van der Waals surface area contributed by atoms with Crippen LogP contribution in [0.4, 0.5) is 11.6 Å². The number of nitrogen functional groups attached to an aromatic ring is 1. The maximum absolute atomic E-state index is 12.7. The second-order valence-corrected chi connectivity index (χ2v) is 9.76. The van der Waals surface area contributed by atoms with Gasteiger partial charge in [-0.3, -0.25) is 24.3 Å². The molecular formula is C27H30N6O3. The van der Waals surface area contributed by atoms with Crippen molar-refractivity contribution < 1.29 is 14.4 Å². The average Bonchev–Trinajstić information content (AvgIpc) is 2.85. The number of hydrogen-bond donors (Lipinski definition) is 2. The first kappa shape index (κ1) is 25.0. The van der Waals surface area contributed by atoms with Gasteiger partial charge in [-0.25, -0.2) is 9.97 Å². The quantitative estimate of drug-likeness (QED) is 0.397. The van der Waals surface area contributed by atoms with E-state index in [0.717, 1.165) is 52.7 Å². The van der Waals surface area contributed by atoms with Crippen LogP contribution in [0.25, 0.3) is 22.0 Å². The SMILES string of the molecule is Cc1ccncc1-c1cc2cc(NC(=O)C=C3CCC(C)(CC(=O)N(C)C=O)CC3)ncc2c(N)n1. The highest BCUT2D eigenvalue weighted by Crippen LogP contribution is 2.41. The van der Waals surface area contributed by atoms with Crippen LogP contribution in [0.1, 0.15) is 44.6 Å². The van der Waals surface area contributed by atoms with Crippen molar-refractivity contribution in [3.05, 3.63) is 54.0 Å². The fourth-order valence-electron chi connectivity index (χ4n) is 4.50. The van der Waals surface area contributed by atoms with Gasteiger partial charge in [-0.2, -0.15) is 0 Å². The number of hydrogen-bond acceptors (Lipinski definition) is 7. The first-order chi connectivity index (χ1) is 17.2. The fourth-order valence-corrected chi connectivity index (χ4v) is 4.50. The van der Waals surface area contributed by atoms with Crippen LogP contribution < -0.4 is 11.1 Å². The number of pyridine rings is 3. The van der Waals surface area contributed by atoms with Crippen LogP contribution in [0.2, 0.25) is 0 Å². The van der Waals surface area contributed by atoms with Crippen molar-refractivity contribution >= 4 is 40.6 Å². The molecule has 3 amide bonds. The molecule has 1 aliphatic carbocycles. The van der Waals surface area contributed by atoms with Gasteiger partial charge in [0.15, 0.2) is 0 Å². The van der Waals surface area contributed by atoms with Crippen LogP contribution in [0.3, 0.4) is 0 Å². The number of carbonyl (C=O) groups excluding carboxylic acids is 3. The first-order valence-corrected chi connectivity index (χ1v) is 11.9. The van der Waals surface area contributed by atoms with Gasteiger partial charge < -0.3 is 11.1 Å². The van der Waals surface area contributed by atoms with E-state index in [4.69, 9.17) is 5.73 Å². The Balaban J connectivity index is 1.45. The third kappa shape index (κ3) is 5.56. The van der Waals surface area contributed by atoms with E-state index in [9.17, 15) is 14.4 Å². The van der Waals surface area contributed by atoms with Crippen molar-refractivity contribution in [1.82, 2.24) is 19.9 Å². The molecule has 3 N–H and O–H groups in total. The average molecular weight is 487 g/mol. The number of rotatable bonds is 6. The highest BCUT2D eigenvalue weighted by atomic mass is 16.2. The lowest BCUT2D eigenvalue weighted by atomic mass is 9.71. The minimum Gasteiger partial charge on any atom is -0.383 e. The van der Waals surface area contributed by atoms with Gasteiger partial charge in [0.05, 0.1) is 5.69 Å². The predicted octanol–water partition coefficient (Wildman–Crippen LogP) is 4.03. The number of aryl methyl sites for hydroxylation is 1. The standard InChI is InChI=1S/C27H30N6O3/c1-17-6-9-29-14-20(17)22-11-19-12-23(30-15-21(19)26(28)31-22)32-24(35)10-18-4-7-27(2,8-5-18)13-25(36)33(3)16-34/h6,9-12,14-16H,4-5,7-8,13H2,1-3H3,(H2,28,31)(H,30,32,35). The van der Waals surface area contributed by atoms with Gasteiger partial charge in [-0.1, -0.05) is 12.5 Å². The molecule has 0 bridgehead atoms. The van der Waals surface area contributed by atoms with E-state index in [1.165, 1.54) is 7.05 Å². The van der Waals surface area contributed by atoms with Gasteiger partial charge in [-0.15, -0.1) is 0 Å². The number of nitrogens with zero attached hydrogens (tertiary/aromatic N) is 4. The summed E-state index contributed by atoms with van der Waals surface area (Å²) in [6.07, 6.45) is 10.6. The van der Waals surface area contributed by atoms with E-state index in [-0.39, 0.29) is 17.2 Å². The van der Waals surface area contributed by atoms with Gasteiger partial charge in [0.2, 0.25) is 18.2 Å². The fraction of sp³-hybridized carbons (Fsp3) is 0.333. The van der Waals surface area contributed by atoms with Crippen LogP contribution >= 0.6 is 0 Å². The second-order valence-electron chi connectivity index (χ2n) is 9.76. The normalized spacial score (nSPS) is 17.5. The van der Waals surface area contributed by atoms with Crippen molar-refractivity contribution in [2.75, 3.05) is 18.1 Å². The smallest absolute Gasteiger partial charge is 0.249 e. The topological polar surface area (TPSA) is 131 Å². The molecule has 9 nitrogen and oxygen atoms in total. The lowest BCUT2D eigenvalue weighted by Crippen LogP contribution is -2.32. The molecule has 9 heteroatoms. The zero-order valence-electron chi connectivity index (χ0n) is 20.7. The summed E-state index contributed by atoms with van der Waals surface area (Å²) in [6, 6.07) is 5.61. The number of allylic oxidation sites excluding steroid dienone is 1. The minimum atomic E-state index is -0.248. The maximum atomic E-state index is 12.7. The maximum Gasteiger partial charge on any atom is 0.249 e. The van der Waals surface area contributed by atoms with Crippen molar-refractivity contribution in [1.29, 1.82) is 0 Å². The third-order valence-electron chi connectivity index (χ3n) is 6.88. The summed E-state index contributed by atoms with van der Waals surface area (Å²) in [7, 11) is 1.48. The van der Waals surface area contributed by atoms with E-state index < -0.39 is 0 Å². The van der Waals surface area contributed by atoms with Crippen molar-refractivity contribution in [3.8, 4) is 11.3 Å². The third-order valence-corrected chi connectivity index (χ3v) is 6.88. The molecule has 1 fully saturated rings. The Morgan fingerprint density at radius 2 is 1.97 bits per heavy atom. The Hall–Kier alpha value is -4.14. The molecule has 3 aromatic heterocycles. The number of carbonyl (C=O) groups is 3.